The Bertz CT molecular complexity index is 1660. The summed E-state index contributed by atoms with van der Waals surface area (Å²) in [6.45, 7) is 1.70. The van der Waals surface area contributed by atoms with E-state index in [1.54, 1.807) is 36.3 Å². The number of hydrogen-bond acceptors (Lipinski definition) is 8. The van der Waals surface area contributed by atoms with Crippen molar-refractivity contribution >= 4 is 45.6 Å². The second-order valence-electron chi connectivity index (χ2n) is 8.19. The lowest BCUT2D eigenvalue weighted by atomic mass is 10.1. The zero-order chi connectivity index (χ0) is 26.3. The molecule has 0 saturated carbocycles. The number of nitro groups is 1. The van der Waals surface area contributed by atoms with Crippen molar-refractivity contribution in [2.45, 2.75) is 13.0 Å². The number of hydrogen-bond donors (Lipinski definition) is 0. The molecule has 1 atom stereocenters. The molecule has 0 radical (unpaired) electrons. The number of fused-ring (bicyclic) bond motifs is 1. The van der Waals surface area contributed by atoms with Crippen molar-refractivity contribution in [1.29, 1.82) is 0 Å². The molecule has 0 aliphatic heterocycles. The molecule has 10 nitrogen and oxygen atoms in total. The monoisotopic (exact) mass is 537 g/mol. The smallest absolute Gasteiger partial charge is 0.351 e. The average Bonchev–Trinajstić information content (AvgIpc) is 3.61. The number of thiophene rings is 1. The lowest BCUT2D eigenvalue weighted by molar-refractivity contribution is -0.384. The van der Waals surface area contributed by atoms with Crippen LogP contribution in [-0.2, 0) is 11.8 Å². The molecule has 0 fully saturated rings. The van der Waals surface area contributed by atoms with Gasteiger partial charge in [-0.3, -0.25) is 19.4 Å². The second kappa shape index (κ2) is 9.68. The van der Waals surface area contributed by atoms with Gasteiger partial charge in [-0.05, 0) is 24.6 Å². The number of esters is 1. The van der Waals surface area contributed by atoms with Crippen LogP contribution in [-0.4, -0.2) is 37.3 Å². The average molecular weight is 538 g/mol. The van der Waals surface area contributed by atoms with Crippen LogP contribution in [0.15, 0.2) is 61.2 Å². The molecule has 0 unspecified atom stereocenters. The summed E-state index contributed by atoms with van der Waals surface area (Å²) >= 11 is 7.46. The molecule has 0 N–H and O–H groups in total. The zero-order valence-corrected chi connectivity index (χ0v) is 21.5. The van der Waals surface area contributed by atoms with Crippen molar-refractivity contribution in [1.82, 2.24) is 19.3 Å². The maximum atomic E-state index is 12.6. The van der Waals surface area contributed by atoms with Gasteiger partial charge in [-0.1, -0.05) is 29.8 Å². The Morgan fingerprint density at radius 3 is 2.73 bits per heavy atom. The summed E-state index contributed by atoms with van der Waals surface area (Å²) in [6, 6.07) is 12.1. The summed E-state index contributed by atoms with van der Waals surface area (Å²) in [5, 5.41) is 16.2. The van der Waals surface area contributed by atoms with Crippen molar-refractivity contribution in [2.75, 3.05) is 7.11 Å². The van der Waals surface area contributed by atoms with Gasteiger partial charge in [0, 0.05) is 36.5 Å². The van der Waals surface area contributed by atoms with Crippen LogP contribution in [0.3, 0.4) is 0 Å². The highest BCUT2D eigenvalue weighted by molar-refractivity contribution is 7.16. The number of imidazole rings is 1. The fourth-order valence-electron chi connectivity index (χ4n) is 3.99. The van der Waals surface area contributed by atoms with Crippen LogP contribution in [0.25, 0.3) is 27.2 Å². The Labute approximate surface area is 219 Å². The van der Waals surface area contributed by atoms with Crippen molar-refractivity contribution in [3.05, 3.63) is 86.8 Å². The molecule has 3 aromatic heterocycles. The van der Waals surface area contributed by atoms with Crippen LogP contribution >= 0.6 is 22.9 Å². The van der Waals surface area contributed by atoms with Crippen LogP contribution in [0.2, 0.25) is 5.02 Å². The van der Waals surface area contributed by atoms with Crippen LogP contribution in [0.4, 0.5) is 5.69 Å². The van der Waals surface area contributed by atoms with E-state index in [1.807, 2.05) is 36.0 Å². The van der Waals surface area contributed by atoms with Crippen molar-refractivity contribution < 1.29 is 19.2 Å². The van der Waals surface area contributed by atoms with Gasteiger partial charge in [0.2, 0.25) is 0 Å². The molecule has 0 amide bonds. The molecule has 188 valence electrons. The number of carbonyl (C=O) groups excluding carboxylic acids is 1. The van der Waals surface area contributed by atoms with Gasteiger partial charge in [-0.25, -0.2) is 9.78 Å². The van der Waals surface area contributed by atoms with E-state index in [-0.39, 0.29) is 21.3 Å². The lowest BCUT2D eigenvalue weighted by Crippen LogP contribution is -2.07. The number of aromatic nitrogens is 4. The van der Waals surface area contributed by atoms with E-state index in [0.29, 0.717) is 10.6 Å². The van der Waals surface area contributed by atoms with Crippen molar-refractivity contribution in [3.63, 3.8) is 0 Å². The number of benzene rings is 2. The van der Waals surface area contributed by atoms with Gasteiger partial charge in [0.1, 0.15) is 28.2 Å². The fourth-order valence-corrected chi connectivity index (χ4v) is 5.33. The standard InChI is InChI=1S/C25H20ClN5O5S/c1-14(17-5-4-6-20(23(17)26)31(33)34)36-21-10-22(37-24(21)25(32)35-3)30-13-27-18-9-15(7-8-19(18)30)16-11-28-29(2)12-16/h4-14H,1-3H3/t14-/m1/s1. The van der Waals surface area contributed by atoms with Gasteiger partial charge in [0.15, 0.2) is 4.88 Å². The fraction of sp³-hybridized carbons (Fsp3) is 0.160. The minimum absolute atomic E-state index is 0.0138. The highest BCUT2D eigenvalue weighted by Crippen LogP contribution is 2.39. The molecular weight excluding hydrogens is 518 g/mol. The molecule has 5 rings (SSSR count). The molecule has 0 bridgehead atoms. The minimum Gasteiger partial charge on any atom is -0.484 e. The summed E-state index contributed by atoms with van der Waals surface area (Å²) in [7, 11) is 3.15. The first-order valence-corrected chi connectivity index (χ1v) is 12.2. The SMILES string of the molecule is COC(=O)c1sc(-n2cnc3cc(-c4cnn(C)c4)ccc32)cc1O[C@H](C)c1cccc([N+](=O)[O-])c1Cl. The van der Waals surface area contributed by atoms with E-state index in [1.165, 1.54) is 30.6 Å². The molecule has 12 heteroatoms. The first kappa shape index (κ1) is 24.5. The van der Waals surface area contributed by atoms with Crippen molar-refractivity contribution in [3.8, 4) is 21.9 Å². The Morgan fingerprint density at radius 1 is 1.22 bits per heavy atom. The molecule has 0 aliphatic carbocycles. The van der Waals surface area contributed by atoms with E-state index in [2.05, 4.69) is 10.1 Å². The molecular formula is C25H20ClN5O5S. The van der Waals surface area contributed by atoms with Gasteiger partial charge in [0.25, 0.3) is 5.69 Å². The maximum absolute atomic E-state index is 12.6. The molecule has 0 saturated heterocycles. The van der Waals surface area contributed by atoms with E-state index >= 15 is 0 Å². The topological polar surface area (TPSA) is 114 Å². The highest BCUT2D eigenvalue weighted by Gasteiger charge is 2.25. The number of carbonyl (C=O) groups is 1. The number of rotatable bonds is 7. The van der Waals surface area contributed by atoms with Crippen LogP contribution in [0.5, 0.6) is 5.75 Å². The third kappa shape index (κ3) is 4.54. The van der Waals surface area contributed by atoms with Crippen molar-refractivity contribution in [2.24, 2.45) is 7.05 Å². The number of ether oxygens (including phenoxy) is 2. The van der Waals surface area contributed by atoms with E-state index in [0.717, 1.165) is 22.2 Å². The molecule has 37 heavy (non-hydrogen) atoms. The normalized spacial score (nSPS) is 12.0. The number of nitrogens with zero attached hydrogens (tertiary/aromatic N) is 5. The first-order valence-electron chi connectivity index (χ1n) is 11.0. The maximum Gasteiger partial charge on any atom is 0.351 e. The Kier molecular flexibility index (Phi) is 6.40. The number of nitro benzene ring substituents is 1. The molecule has 0 aliphatic rings. The molecule has 0 spiro atoms. The summed E-state index contributed by atoms with van der Waals surface area (Å²) in [5.41, 5.74) is 3.78. The summed E-state index contributed by atoms with van der Waals surface area (Å²) in [4.78, 5) is 28.1. The first-order chi connectivity index (χ1) is 17.8. The van der Waals surface area contributed by atoms with Gasteiger partial charge in [0.05, 0.1) is 29.3 Å². The molecule has 2 aromatic carbocycles. The summed E-state index contributed by atoms with van der Waals surface area (Å²) in [6.07, 6.45) is 4.71. The van der Waals surface area contributed by atoms with Gasteiger partial charge >= 0.3 is 5.97 Å². The minimum atomic E-state index is -0.681. The van der Waals surface area contributed by atoms with E-state index < -0.39 is 17.0 Å². The predicted octanol–water partition coefficient (Wildman–Crippen LogP) is 5.98. The second-order valence-corrected chi connectivity index (χ2v) is 9.60. The summed E-state index contributed by atoms with van der Waals surface area (Å²) < 4.78 is 14.7. The number of halogens is 1. The predicted molar refractivity (Wildman–Crippen MR) is 140 cm³/mol. The van der Waals surface area contributed by atoms with Gasteiger partial charge < -0.3 is 9.47 Å². The van der Waals surface area contributed by atoms with Crippen LogP contribution in [0.1, 0.15) is 28.3 Å². The number of aryl methyl sites for hydroxylation is 1. The largest absolute Gasteiger partial charge is 0.484 e. The third-order valence-corrected chi connectivity index (χ3v) is 7.33. The quantitative estimate of drug-likeness (QED) is 0.142. The van der Waals surface area contributed by atoms with Crippen LogP contribution in [0, 0.1) is 10.1 Å². The highest BCUT2D eigenvalue weighted by atomic mass is 35.5. The van der Waals surface area contributed by atoms with E-state index in [9.17, 15) is 14.9 Å². The van der Waals surface area contributed by atoms with Crippen LogP contribution < -0.4 is 4.74 Å². The summed E-state index contributed by atoms with van der Waals surface area (Å²) in [5.74, 6) is -0.289. The molecule has 5 aromatic rings. The van der Waals surface area contributed by atoms with Gasteiger partial charge in [-0.2, -0.15) is 5.10 Å². The lowest BCUT2D eigenvalue weighted by Gasteiger charge is -2.16. The molecule has 3 heterocycles. The Morgan fingerprint density at radius 2 is 2.03 bits per heavy atom. The van der Waals surface area contributed by atoms with E-state index in [4.69, 9.17) is 21.1 Å². The zero-order valence-electron chi connectivity index (χ0n) is 19.9. The number of methoxy groups -OCH3 is 1. The van der Waals surface area contributed by atoms with Gasteiger partial charge in [-0.15, -0.1) is 11.3 Å². The Balaban J connectivity index is 1.51. The third-order valence-electron chi connectivity index (χ3n) is 5.83. The Hall–Kier alpha value is -4.22.